The van der Waals surface area contributed by atoms with E-state index in [9.17, 15) is 0 Å². The van der Waals surface area contributed by atoms with E-state index >= 15 is 8.78 Å². The third-order valence-electron chi connectivity index (χ3n) is 7.57. The number of aromatic amines is 1. The van der Waals surface area contributed by atoms with Gasteiger partial charge in [-0.1, -0.05) is 61.7 Å². The number of H-pyrrole nitrogens is 1. The van der Waals surface area contributed by atoms with E-state index in [1.54, 1.807) is 18.3 Å². The van der Waals surface area contributed by atoms with Crippen LogP contribution < -0.4 is 15.4 Å². The van der Waals surface area contributed by atoms with Gasteiger partial charge in [-0.05, 0) is 49.6 Å². The van der Waals surface area contributed by atoms with Crippen molar-refractivity contribution in [2.45, 2.75) is 57.5 Å². The van der Waals surface area contributed by atoms with Crippen LogP contribution in [0.15, 0.2) is 79.3 Å². The Labute approximate surface area is 239 Å². The van der Waals surface area contributed by atoms with E-state index in [-0.39, 0.29) is 11.7 Å². The number of aryl methyl sites for hydroxylation is 1. The van der Waals surface area contributed by atoms with E-state index in [0.29, 0.717) is 28.8 Å². The summed E-state index contributed by atoms with van der Waals surface area (Å²) in [5.41, 5.74) is 4.92. The highest BCUT2D eigenvalue weighted by molar-refractivity contribution is 5.91. The molecular formula is C34H34F2N4O. The van der Waals surface area contributed by atoms with E-state index in [4.69, 9.17) is 10.00 Å². The number of hydrogen-bond acceptors (Lipinski definition) is 4. The summed E-state index contributed by atoms with van der Waals surface area (Å²) < 4.78 is 36.1. The van der Waals surface area contributed by atoms with E-state index < -0.39 is 17.8 Å². The summed E-state index contributed by atoms with van der Waals surface area (Å²) in [6.07, 6.45) is 10.3. The molecule has 0 saturated carbocycles. The lowest BCUT2D eigenvalue weighted by Crippen LogP contribution is -2.25. The molecule has 3 aromatic carbocycles. The molecule has 3 N–H and O–H groups in total. The van der Waals surface area contributed by atoms with Gasteiger partial charge in [0.1, 0.15) is 17.7 Å². The van der Waals surface area contributed by atoms with Crippen molar-refractivity contribution in [2.75, 3.05) is 0 Å². The number of benzene rings is 3. The highest BCUT2D eigenvalue weighted by atomic mass is 19.1. The summed E-state index contributed by atoms with van der Waals surface area (Å²) in [7, 11) is 0. The van der Waals surface area contributed by atoms with Crippen molar-refractivity contribution in [1.82, 2.24) is 15.6 Å². The van der Waals surface area contributed by atoms with Gasteiger partial charge in [-0.3, -0.25) is 0 Å². The Bertz CT molecular complexity index is 1620. The number of ether oxygens (including phenoxy) is 1. The average Bonchev–Trinajstić information content (AvgIpc) is 3.64. The van der Waals surface area contributed by atoms with E-state index in [1.165, 1.54) is 29.3 Å². The molecule has 1 aliphatic rings. The fraction of sp³-hybridized carbons (Fsp3) is 0.265. The molecule has 0 spiro atoms. The molecule has 4 aromatic rings. The first kappa shape index (κ1) is 28.0. The van der Waals surface area contributed by atoms with Crippen molar-refractivity contribution in [3.63, 3.8) is 0 Å². The van der Waals surface area contributed by atoms with Gasteiger partial charge in [-0.25, -0.2) is 8.78 Å². The molecule has 5 nitrogen and oxygen atoms in total. The van der Waals surface area contributed by atoms with E-state index in [0.717, 1.165) is 43.2 Å². The zero-order valence-electron chi connectivity index (χ0n) is 23.1. The van der Waals surface area contributed by atoms with Crippen molar-refractivity contribution in [3.8, 4) is 17.6 Å². The Morgan fingerprint density at radius 3 is 2.71 bits per heavy atom. The van der Waals surface area contributed by atoms with Crippen molar-refractivity contribution in [2.24, 2.45) is 0 Å². The van der Waals surface area contributed by atoms with Gasteiger partial charge in [0.25, 0.3) is 0 Å². The molecule has 0 saturated heterocycles. The molecule has 0 radical (unpaired) electrons. The standard InChI is InChI=1S/C34H34F2N4O/c1-3-25-27-15-17-38-31(27)20-30(36)33(25)41-24-13-14-29(35)28(19-24)34-39-21-32(40-34)26(12-7-5-4-6-8-16-37)23-11-9-10-22(2)18-23/h3,9-11,13-15,17-21,26,34,38-40H,1,4-8,12H2,2H3. The van der Waals surface area contributed by atoms with Crippen LogP contribution in [0.3, 0.4) is 0 Å². The van der Waals surface area contributed by atoms with E-state index in [1.807, 2.05) is 12.3 Å². The van der Waals surface area contributed by atoms with Crippen LogP contribution in [0.2, 0.25) is 0 Å². The molecule has 0 amide bonds. The van der Waals surface area contributed by atoms with Crippen molar-refractivity contribution in [3.05, 3.63) is 113 Å². The molecule has 2 heterocycles. The lowest BCUT2D eigenvalue weighted by atomic mass is 9.89. The number of rotatable bonds is 12. The lowest BCUT2D eigenvalue weighted by Gasteiger charge is -2.22. The fourth-order valence-corrected chi connectivity index (χ4v) is 5.50. The molecule has 2 unspecified atom stereocenters. The van der Waals surface area contributed by atoms with Crippen LogP contribution in [0, 0.1) is 29.9 Å². The number of nitriles is 1. The van der Waals surface area contributed by atoms with Crippen LogP contribution in [0.25, 0.3) is 17.0 Å². The van der Waals surface area contributed by atoms with Crippen LogP contribution in [0.4, 0.5) is 8.78 Å². The third kappa shape index (κ3) is 6.28. The number of hydrogen-bond donors (Lipinski definition) is 3. The number of aromatic nitrogens is 1. The first-order valence-corrected chi connectivity index (χ1v) is 14.0. The second-order valence-electron chi connectivity index (χ2n) is 10.5. The zero-order chi connectivity index (χ0) is 28.8. The zero-order valence-corrected chi connectivity index (χ0v) is 23.1. The second kappa shape index (κ2) is 12.7. The van der Waals surface area contributed by atoms with Gasteiger partial charge >= 0.3 is 0 Å². The monoisotopic (exact) mass is 552 g/mol. The van der Waals surface area contributed by atoms with Crippen molar-refractivity contribution < 1.29 is 13.5 Å². The van der Waals surface area contributed by atoms with Gasteiger partial charge in [0.2, 0.25) is 0 Å². The number of nitrogens with zero attached hydrogens (tertiary/aromatic N) is 1. The molecule has 1 aromatic heterocycles. The van der Waals surface area contributed by atoms with Gasteiger partial charge in [0.15, 0.2) is 11.6 Å². The van der Waals surface area contributed by atoms with Crippen molar-refractivity contribution in [1.29, 1.82) is 5.26 Å². The van der Waals surface area contributed by atoms with Gasteiger partial charge in [0, 0.05) is 58.5 Å². The number of unbranched alkanes of at least 4 members (excludes halogenated alkanes) is 4. The van der Waals surface area contributed by atoms with Crippen LogP contribution in [0.1, 0.15) is 72.9 Å². The molecule has 7 heteroatoms. The number of fused-ring (bicyclic) bond motifs is 1. The van der Waals surface area contributed by atoms with Gasteiger partial charge < -0.3 is 20.4 Å². The Kier molecular flexibility index (Phi) is 8.69. The third-order valence-corrected chi connectivity index (χ3v) is 7.57. The largest absolute Gasteiger partial charge is 0.454 e. The second-order valence-corrected chi connectivity index (χ2v) is 10.5. The SMILES string of the molecule is C=Cc1c(Oc2ccc(F)c(C3NC=C(C(CCCCCCC#N)c4cccc(C)c4)N3)c2)c(F)cc2[nH]ccc12. The quantitative estimate of drug-likeness (QED) is 0.154. The summed E-state index contributed by atoms with van der Waals surface area (Å²) in [6.45, 7) is 5.91. The van der Waals surface area contributed by atoms with Gasteiger partial charge in [0.05, 0.1) is 6.07 Å². The highest BCUT2D eigenvalue weighted by Crippen LogP contribution is 2.37. The summed E-state index contributed by atoms with van der Waals surface area (Å²) in [4.78, 5) is 3.00. The molecule has 1 aliphatic heterocycles. The summed E-state index contributed by atoms with van der Waals surface area (Å²) >= 11 is 0. The summed E-state index contributed by atoms with van der Waals surface area (Å²) in [5, 5.41) is 16.4. The maximum Gasteiger partial charge on any atom is 0.170 e. The lowest BCUT2D eigenvalue weighted by molar-refractivity contribution is 0.437. The van der Waals surface area contributed by atoms with E-state index in [2.05, 4.69) is 59.5 Å². The average molecular weight is 553 g/mol. The predicted octanol–water partition coefficient (Wildman–Crippen LogP) is 8.87. The van der Waals surface area contributed by atoms with Crippen LogP contribution in [-0.2, 0) is 0 Å². The maximum atomic E-state index is 15.1. The van der Waals surface area contributed by atoms with Crippen molar-refractivity contribution >= 4 is 17.0 Å². The van der Waals surface area contributed by atoms with Crippen LogP contribution in [0.5, 0.6) is 11.5 Å². The Hall–Kier alpha value is -4.57. The topological polar surface area (TPSA) is 72.9 Å². The number of allylic oxidation sites excluding steroid dienone is 1. The molecule has 0 fully saturated rings. The van der Waals surface area contributed by atoms with Crippen LogP contribution in [-0.4, -0.2) is 4.98 Å². The molecule has 0 aliphatic carbocycles. The molecule has 2 atom stereocenters. The van der Waals surface area contributed by atoms with Gasteiger partial charge in [-0.2, -0.15) is 5.26 Å². The summed E-state index contributed by atoms with van der Waals surface area (Å²) in [5.74, 6) is -0.446. The Morgan fingerprint density at radius 2 is 1.90 bits per heavy atom. The fourth-order valence-electron chi connectivity index (χ4n) is 5.50. The Morgan fingerprint density at radius 1 is 1.05 bits per heavy atom. The maximum absolute atomic E-state index is 15.1. The number of halogens is 2. The first-order valence-electron chi connectivity index (χ1n) is 14.0. The molecule has 41 heavy (non-hydrogen) atoms. The molecular weight excluding hydrogens is 518 g/mol. The van der Waals surface area contributed by atoms with Crippen LogP contribution >= 0.6 is 0 Å². The molecule has 0 bridgehead atoms. The molecule has 5 rings (SSSR count). The predicted molar refractivity (Wildman–Crippen MR) is 159 cm³/mol. The highest BCUT2D eigenvalue weighted by Gasteiger charge is 2.27. The smallest absolute Gasteiger partial charge is 0.170 e. The summed E-state index contributed by atoms with van der Waals surface area (Å²) in [6, 6.07) is 18.3. The molecule has 210 valence electrons. The minimum absolute atomic E-state index is 0.0464. The minimum Gasteiger partial charge on any atom is -0.454 e. The number of nitrogens with one attached hydrogen (secondary N) is 3. The van der Waals surface area contributed by atoms with Gasteiger partial charge in [-0.15, -0.1) is 0 Å². The minimum atomic E-state index is -0.532. The normalized spacial score (nSPS) is 15.1. The first-order chi connectivity index (χ1) is 20.0. The Balaban J connectivity index is 1.34.